The van der Waals surface area contributed by atoms with Crippen molar-refractivity contribution in [2.45, 2.75) is 13.8 Å². The van der Waals surface area contributed by atoms with Crippen LogP contribution in [0.1, 0.15) is 32.1 Å². The minimum atomic E-state index is -0.397. The Balaban J connectivity index is 1.77. The zero-order valence-corrected chi connectivity index (χ0v) is 15.7. The molecule has 0 saturated carbocycles. The van der Waals surface area contributed by atoms with Gasteiger partial charge in [-0.05, 0) is 61.4 Å². The standard InChI is InChI=1S/C21H18ClN3O2/c1-13-6-3-4-7-16(13)24-20(26)18-8-5-9-19(23-18)21(27)25-17-11-10-15(22)12-14(17)2/h3-12H,1-2H3,(H,24,26)(H,25,27). The highest BCUT2D eigenvalue weighted by Gasteiger charge is 2.14. The molecule has 0 aliphatic heterocycles. The first-order valence-electron chi connectivity index (χ1n) is 8.35. The first kappa shape index (κ1) is 18.6. The topological polar surface area (TPSA) is 71.1 Å². The van der Waals surface area contributed by atoms with E-state index in [1.165, 1.54) is 0 Å². The van der Waals surface area contributed by atoms with Crippen LogP contribution in [0.5, 0.6) is 0 Å². The van der Waals surface area contributed by atoms with E-state index in [-0.39, 0.29) is 17.3 Å². The number of amides is 2. The predicted molar refractivity (Wildman–Crippen MR) is 108 cm³/mol. The molecular weight excluding hydrogens is 362 g/mol. The maximum Gasteiger partial charge on any atom is 0.274 e. The number of rotatable bonds is 4. The van der Waals surface area contributed by atoms with Crippen molar-refractivity contribution in [2.75, 3.05) is 10.6 Å². The first-order valence-corrected chi connectivity index (χ1v) is 8.73. The van der Waals surface area contributed by atoms with E-state index in [1.807, 2.05) is 38.1 Å². The van der Waals surface area contributed by atoms with Crippen LogP contribution < -0.4 is 10.6 Å². The zero-order chi connectivity index (χ0) is 19.4. The lowest BCUT2D eigenvalue weighted by atomic mass is 10.2. The molecule has 2 aromatic carbocycles. The molecule has 0 radical (unpaired) electrons. The maximum absolute atomic E-state index is 12.5. The Morgan fingerprint density at radius 3 is 1.96 bits per heavy atom. The van der Waals surface area contributed by atoms with Gasteiger partial charge in [0, 0.05) is 16.4 Å². The van der Waals surface area contributed by atoms with Crippen LogP contribution >= 0.6 is 11.6 Å². The van der Waals surface area contributed by atoms with Crippen molar-refractivity contribution >= 4 is 34.8 Å². The molecule has 0 fully saturated rings. The minimum Gasteiger partial charge on any atom is -0.320 e. The van der Waals surface area contributed by atoms with Crippen LogP contribution in [-0.2, 0) is 0 Å². The van der Waals surface area contributed by atoms with Crippen molar-refractivity contribution in [1.82, 2.24) is 4.98 Å². The summed E-state index contributed by atoms with van der Waals surface area (Å²) in [6.07, 6.45) is 0. The van der Waals surface area contributed by atoms with Crippen molar-refractivity contribution in [3.8, 4) is 0 Å². The van der Waals surface area contributed by atoms with Gasteiger partial charge >= 0.3 is 0 Å². The molecule has 0 saturated heterocycles. The van der Waals surface area contributed by atoms with Crippen molar-refractivity contribution in [2.24, 2.45) is 0 Å². The average molecular weight is 380 g/mol. The summed E-state index contributed by atoms with van der Waals surface area (Å²) in [5, 5.41) is 6.19. The molecule has 1 aromatic heterocycles. The fourth-order valence-corrected chi connectivity index (χ4v) is 2.77. The minimum absolute atomic E-state index is 0.154. The van der Waals surface area contributed by atoms with Gasteiger partial charge in [0.2, 0.25) is 0 Å². The second-order valence-electron chi connectivity index (χ2n) is 6.09. The van der Waals surface area contributed by atoms with Crippen molar-refractivity contribution in [3.05, 3.63) is 88.2 Å². The number of aryl methyl sites for hydroxylation is 2. The third-order valence-electron chi connectivity index (χ3n) is 4.04. The second kappa shape index (κ2) is 8.01. The number of anilines is 2. The summed E-state index contributed by atoms with van der Waals surface area (Å²) in [6, 6.07) is 17.4. The number of hydrogen-bond donors (Lipinski definition) is 2. The lowest BCUT2D eigenvalue weighted by molar-refractivity contribution is 0.101. The number of carbonyl (C=O) groups is 2. The summed E-state index contributed by atoms with van der Waals surface area (Å²) in [5.74, 6) is -0.771. The average Bonchev–Trinajstić information content (AvgIpc) is 2.66. The van der Waals surface area contributed by atoms with Crippen LogP contribution in [0, 0.1) is 13.8 Å². The van der Waals surface area contributed by atoms with Gasteiger partial charge in [-0.1, -0.05) is 35.9 Å². The molecule has 1 heterocycles. The van der Waals surface area contributed by atoms with Gasteiger partial charge in [0.15, 0.2) is 0 Å². The van der Waals surface area contributed by atoms with E-state index in [4.69, 9.17) is 11.6 Å². The Labute approximate surface area is 162 Å². The quantitative estimate of drug-likeness (QED) is 0.680. The molecule has 0 aliphatic carbocycles. The van der Waals surface area contributed by atoms with Crippen molar-refractivity contribution in [1.29, 1.82) is 0 Å². The Morgan fingerprint density at radius 1 is 0.778 bits per heavy atom. The molecule has 0 bridgehead atoms. The third kappa shape index (κ3) is 4.51. The predicted octanol–water partition coefficient (Wildman–Crippen LogP) is 4.86. The van der Waals surface area contributed by atoms with Crippen molar-refractivity contribution in [3.63, 3.8) is 0 Å². The fraction of sp³-hybridized carbons (Fsp3) is 0.0952. The van der Waals surface area contributed by atoms with Crippen LogP contribution in [0.4, 0.5) is 11.4 Å². The van der Waals surface area contributed by atoms with Crippen LogP contribution in [0.3, 0.4) is 0 Å². The molecule has 2 amide bonds. The number of benzene rings is 2. The molecule has 27 heavy (non-hydrogen) atoms. The number of nitrogens with zero attached hydrogens (tertiary/aromatic N) is 1. The van der Waals surface area contributed by atoms with Gasteiger partial charge in [0.05, 0.1) is 0 Å². The van der Waals surface area contributed by atoms with Crippen LogP contribution in [0.25, 0.3) is 0 Å². The first-order chi connectivity index (χ1) is 12.9. The summed E-state index contributed by atoms with van der Waals surface area (Å²) in [5.41, 5.74) is 3.44. The highest BCUT2D eigenvalue weighted by Crippen LogP contribution is 2.20. The van der Waals surface area contributed by atoms with Crippen LogP contribution in [-0.4, -0.2) is 16.8 Å². The molecule has 136 valence electrons. The number of nitrogens with one attached hydrogen (secondary N) is 2. The number of aromatic nitrogens is 1. The van der Waals surface area contributed by atoms with E-state index < -0.39 is 5.91 Å². The van der Waals surface area contributed by atoms with E-state index in [0.29, 0.717) is 16.4 Å². The molecular formula is C21H18ClN3O2. The molecule has 3 rings (SSSR count). The summed E-state index contributed by atoms with van der Waals surface area (Å²) in [7, 11) is 0. The molecule has 0 spiro atoms. The summed E-state index contributed by atoms with van der Waals surface area (Å²) in [4.78, 5) is 29.2. The SMILES string of the molecule is Cc1ccccc1NC(=O)c1cccc(C(=O)Nc2ccc(Cl)cc2C)n1. The Morgan fingerprint density at radius 2 is 1.37 bits per heavy atom. The normalized spacial score (nSPS) is 10.3. The Hall–Kier alpha value is -3.18. The van der Waals surface area contributed by atoms with E-state index in [9.17, 15) is 9.59 Å². The molecule has 5 nitrogen and oxygen atoms in total. The molecule has 3 aromatic rings. The van der Waals surface area contributed by atoms with Gasteiger partial charge in [-0.2, -0.15) is 0 Å². The second-order valence-corrected chi connectivity index (χ2v) is 6.53. The van der Waals surface area contributed by atoms with Crippen molar-refractivity contribution < 1.29 is 9.59 Å². The summed E-state index contributed by atoms with van der Waals surface area (Å²) in [6.45, 7) is 3.75. The number of para-hydroxylation sites is 1. The fourth-order valence-electron chi connectivity index (χ4n) is 2.54. The highest BCUT2D eigenvalue weighted by atomic mass is 35.5. The summed E-state index contributed by atoms with van der Waals surface area (Å²) >= 11 is 5.93. The van der Waals surface area contributed by atoms with E-state index in [2.05, 4.69) is 15.6 Å². The van der Waals surface area contributed by atoms with Crippen LogP contribution in [0.2, 0.25) is 5.02 Å². The third-order valence-corrected chi connectivity index (χ3v) is 4.28. The lowest BCUT2D eigenvalue weighted by Crippen LogP contribution is -2.19. The molecule has 0 atom stereocenters. The Bertz CT molecular complexity index is 1020. The zero-order valence-electron chi connectivity index (χ0n) is 14.9. The molecule has 6 heteroatoms. The number of halogens is 1. The Kier molecular flexibility index (Phi) is 5.52. The van der Waals surface area contributed by atoms with E-state index in [1.54, 1.807) is 36.4 Å². The van der Waals surface area contributed by atoms with E-state index in [0.717, 1.165) is 11.1 Å². The van der Waals surface area contributed by atoms with Crippen LogP contribution in [0.15, 0.2) is 60.7 Å². The lowest BCUT2D eigenvalue weighted by Gasteiger charge is -2.10. The number of pyridine rings is 1. The van der Waals surface area contributed by atoms with Gasteiger partial charge in [0.1, 0.15) is 11.4 Å². The number of carbonyl (C=O) groups excluding carboxylic acids is 2. The molecule has 2 N–H and O–H groups in total. The highest BCUT2D eigenvalue weighted by molar-refractivity contribution is 6.30. The van der Waals surface area contributed by atoms with Gasteiger partial charge in [-0.15, -0.1) is 0 Å². The molecule has 0 unspecified atom stereocenters. The van der Waals surface area contributed by atoms with Gasteiger partial charge in [-0.3, -0.25) is 9.59 Å². The van der Waals surface area contributed by atoms with E-state index >= 15 is 0 Å². The van der Waals surface area contributed by atoms with Gasteiger partial charge in [-0.25, -0.2) is 4.98 Å². The molecule has 0 aliphatic rings. The van der Waals surface area contributed by atoms with Gasteiger partial charge < -0.3 is 10.6 Å². The largest absolute Gasteiger partial charge is 0.320 e. The van der Waals surface area contributed by atoms with Gasteiger partial charge in [0.25, 0.3) is 11.8 Å². The number of hydrogen-bond acceptors (Lipinski definition) is 3. The maximum atomic E-state index is 12.5. The summed E-state index contributed by atoms with van der Waals surface area (Å²) < 4.78 is 0. The monoisotopic (exact) mass is 379 g/mol. The smallest absolute Gasteiger partial charge is 0.274 e.